The summed E-state index contributed by atoms with van der Waals surface area (Å²) in [5, 5.41) is 3.25. The predicted octanol–water partition coefficient (Wildman–Crippen LogP) is 1.72. The fourth-order valence-corrected chi connectivity index (χ4v) is 2.58. The molecule has 1 atom stereocenters. The SMILES string of the molecule is CCCC(C)NC(=O)Cn1cnc2cc(OC)c(OC)cc2c1=O. The van der Waals surface area contributed by atoms with E-state index in [9.17, 15) is 9.59 Å². The largest absolute Gasteiger partial charge is 0.493 e. The Morgan fingerprint density at radius 2 is 1.96 bits per heavy atom. The van der Waals surface area contributed by atoms with Crippen LogP contribution < -0.4 is 20.3 Å². The van der Waals surface area contributed by atoms with Gasteiger partial charge >= 0.3 is 0 Å². The number of benzene rings is 1. The van der Waals surface area contributed by atoms with Crippen molar-refractivity contribution in [3.8, 4) is 11.5 Å². The number of carbonyl (C=O) groups excluding carboxylic acids is 1. The quantitative estimate of drug-likeness (QED) is 0.834. The van der Waals surface area contributed by atoms with Gasteiger partial charge in [0.2, 0.25) is 5.91 Å². The van der Waals surface area contributed by atoms with Crippen LogP contribution in [0.5, 0.6) is 11.5 Å². The number of aromatic nitrogens is 2. The smallest absolute Gasteiger partial charge is 0.261 e. The van der Waals surface area contributed by atoms with Crippen LogP contribution in [0.25, 0.3) is 10.9 Å². The van der Waals surface area contributed by atoms with Crippen LogP contribution in [0.1, 0.15) is 26.7 Å². The molecule has 2 aromatic rings. The van der Waals surface area contributed by atoms with Crippen molar-refractivity contribution in [1.29, 1.82) is 0 Å². The number of carbonyl (C=O) groups is 1. The maximum atomic E-state index is 12.6. The van der Waals surface area contributed by atoms with Gasteiger partial charge in [0.25, 0.3) is 5.56 Å². The second-order valence-corrected chi connectivity index (χ2v) is 5.66. The topological polar surface area (TPSA) is 82.5 Å². The Labute approximate surface area is 140 Å². The van der Waals surface area contributed by atoms with Crippen LogP contribution in [-0.4, -0.2) is 35.7 Å². The summed E-state index contributed by atoms with van der Waals surface area (Å²) in [4.78, 5) is 28.9. The number of hydrogen-bond acceptors (Lipinski definition) is 5. The second kappa shape index (κ2) is 7.81. The highest BCUT2D eigenvalue weighted by Gasteiger charge is 2.13. The van der Waals surface area contributed by atoms with Crippen LogP contribution >= 0.6 is 0 Å². The molecule has 0 aliphatic heterocycles. The van der Waals surface area contributed by atoms with E-state index in [4.69, 9.17) is 9.47 Å². The Kier molecular flexibility index (Phi) is 5.78. The van der Waals surface area contributed by atoms with E-state index in [2.05, 4.69) is 17.2 Å². The zero-order valence-corrected chi connectivity index (χ0v) is 14.5. The number of hydrogen-bond donors (Lipinski definition) is 1. The van der Waals surface area contributed by atoms with E-state index >= 15 is 0 Å². The first-order valence-electron chi connectivity index (χ1n) is 7.90. The minimum Gasteiger partial charge on any atom is -0.493 e. The number of methoxy groups -OCH3 is 2. The molecule has 0 aliphatic carbocycles. The van der Waals surface area contributed by atoms with Crippen LogP contribution in [0.4, 0.5) is 0 Å². The van der Waals surface area contributed by atoms with Crippen molar-refractivity contribution in [2.45, 2.75) is 39.3 Å². The number of nitrogens with one attached hydrogen (secondary N) is 1. The number of fused-ring (bicyclic) bond motifs is 1. The molecule has 0 saturated carbocycles. The molecular weight excluding hydrogens is 310 g/mol. The third-order valence-electron chi connectivity index (χ3n) is 3.77. The first-order valence-corrected chi connectivity index (χ1v) is 7.90. The average Bonchev–Trinajstić information content (AvgIpc) is 2.56. The van der Waals surface area contributed by atoms with Crippen molar-refractivity contribution in [2.24, 2.45) is 0 Å². The summed E-state index contributed by atoms with van der Waals surface area (Å²) in [7, 11) is 3.02. The Hall–Kier alpha value is -2.57. The molecule has 0 fully saturated rings. The van der Waals surface area contributed by atoms with Crippen molar-refractivity contribution in [1.82, 2.24) is 14.9 Å². The molecule has 2 rings (SSSR count). The molecule has 0 spiro atoms. The zero-order valence-electron chi connectivity index (χ0n) is 14.5. The van der Waals surface area contributed by atoms with Gasteiger partial charge in [-0.1, -0.05) is 13.3 Å². The van der Waals surface area contributed by atoms with E-state index in [0.717, 1.165) is 12.8 Å². The number of ether oxygens (including phenoxy) is 2. The Morgan fingerprint density at radius 1 is 1.29 bits per heavy atom. The van der Waals surface area contributed by atoms with Gasteiger partial charge in [-0.15, -0.1) is 0 Å². The van der Waals surface area contributed by atoms with Crippen LogP contribution in [0, 0.1) is 0 Å². The fourth-order valence-electron chi connectivity index (χ4n) is 2.58. The number of amides is 1. The second-order valence-electron chi connectivity index (χ2n) is 5.66. The molecule has 7 nitrogen and oxygen atoms in total. The average molecular weight is 333 g/mol. The number of nitrogens with zero attached hydrogens (tertiary/aromatic N) is 2. The zero-order chi connectivity index (χ0) is 17.7. The molecule has 7 heteroatoms. The first kappa shape index (κ1) is 17.8. The molecule has 130 valence electrons. The van der Waals surface area contributed by atoms with Crippen molar-refractivity contribution >= 4 is 16.8 Å². The maximum absolute atomic E-state index is 12.6. The molecule has 1 heterocycles. The van der Waals surface area contributed by atoms with Crippen LogP contribution in [0.15, 0.2) is 23.3 Å². The normalized spacial score (nSPS) is 12.0. The third kappa shape index (κ3) is 3.84. The fraction of sp³-hybridized carbons (Fsp3) is 0.471. The Balaban J connectivity index is 2.31. The molecule has 0 bridgehead atoms. The third-order valence-corrected chi connectivity index (χ3v) is 3.77. The first-order chi connectivity index (χ1) is 11.5. The minimum absolute atomic E-state index is 0.0653. The summed E-state index contributed by atoms with van der Waals surface area (Å²) in [5.74, 6) is 0.739. The summed E-state index contributed by atoms with van der Waals surface area (Å²) in [6.07, 6.45) is 3.26. The Morgan fingerprint density at radius 3 is 2.58 bits per heavy atom. The summed E-state index contributed by atoms with van der Waals surface area (Å²) >= 11 is 0. The molecule has 0 saturated heterocycles. The van der Waals surface area contributed by atoms with Gasteiger partial charge in [0, 0.05) is 12.1 Å². The summed E-state index contributed by atoms with van der Waals surface area (Å²) in [5.41, 5.74) is 0.202. The standard InChI is InChI=1S/C17H23N3O4/c1-5-6-11(2)19-16(21)9-20-10-18-13-8-15(24-4)14(23-3)7-12(13)17(20)22/h7-8,10-11H,5-6,9H2,1-4H3,(H,19,21). The molecule has 1 unspecified atom stereocenters. The van der Waals surface area contributed by atoms with Gasteiger partial charge < -0.3 is 14.8 Å². The highest BCUT2D eigenvalue weighted by Crippen LogP contribution is 2.29. The lowest BCUT2D eigenvalue weighted by atomic mass is 10.2. The van der Waals surface area contributed by atoms with Gasteiger partial charge in [-0.05, 0) is 19.4 Å². The van der Waals surface area contributed by atoms with Crippen LogP contribution in [-0.2, 0) is 11.3 Å². The van der Waals surface area contributed by atoms with E-state index in [0.29, 0.717) is 22.4 Å². The lowest BCUT2D eigenvalue weighted by Crippen LogP contribution is -2.37. The van der Waals surface area contributed by atoms with Gasteiger partial charge in [-0.25, -0.2) is 4.98 Å². The highest BCUT2D eigenvalue weighted by molar-refractivity contribution is 5.82. The van der Waals surface area contributed by atoms with Crippen molar-refractivity contribution in [3.63, 3.8) is 0 Å². The molecule has 1 amide bonds. The predicted molar refractivity (Wildman–Crippen MR) is 91.6 cm³/mol. The van der Waals surface area contributed by atoms with E-state index < -0.39 is 0 Å². The highest BCUT2D eigenvalue weighted by atomic mass is 16.5. The lowest BCUT2D eigenvalue weighted by molar-refractivity contribution is -0.122. The summed E-state index contributed by atoms with van der Waals surface area (Å²) < 4.78 is 11.7. The molecule has 0 aliphatic rings. The maximum Gasteiger partial charge on any atom is 0.261 e. The van der Waals surface area contributed by atoms with Gasteiger partial charge in [0.1, 0.15) is 6.54 Å². The van der Waals surface area contributed by atoms with Gasteiger partial charge in [0.15, 0.2) is 11.5 Å². The summed E-state index contributed by atoms with van der Waals surface area (Å²) in [6, 6.07) is 3.30. The Bertz CT molecular complexity index is 785. The van der Waals surface area contributed by atoms with Gasteiger partial charge in [-0.3, -0.25) is 14.2 Å². The van der Waals surface area contributed by atoms with E-state index in [1.54, 1.807) is 12.1 Å². The van der Waals surface area contributed by atoms with Crippen molar-refractivity contribution < 1.29 is 14.3 Å². The molecule has 24 heavy (non-hydrogen) atoms. The van der Waals surface area contributed by atoms with Crippen molar-refractivity contribution in [3.05, 3.63) is 28.8 Å². The van der Waals surface area contributed by atoms with E-state index in [1.807, 2.05) is 6.92 Å². The van der Waals surface area contributed by atoms with Crippen LogP contribution in [0.2, 0.25) is 0 Å². The molecule has 0 radical (unpaired) electrons. The van der Waals surface area contributed by atoms with Crippen molar-refractivity contribution in [2.75, 3.05) is 14.2 Å². The van der Waals surface area contributed by atoms with Gasteiger partial charge in [-0.2, -0.15) is 0 Å². The van der Waals surface area contributed by atoms with Gasteiger partial charge in [0.05, 0.1) is 31.4 Å². The number of rotatable bonds is 7. The molecule has 1 aromatic heterocycles. The molecular formula is C17H23N3O4. The monoisotopic (exact) mass is 333 g/mol. The van der Waals surface area contributed by atoms with E-state index in [1.165, 1.54) is 25.1 Å². The summed E-state index contributed by atoms with van der Waals surface area (Å²) in [6.45, 7) is 3.94. The lowest BCUT2D eigenvalue weighted by Gasteiger charge is -2.14. The van der Waals surface area contributed by atoms with E-state index in [-0.39, 0.29) is 24.1 Å². The minimum atomic E-state index is -0.292. The van der Waals surface area contributed by atoms with Crippen LogP contribution in [0.3, 0.4) is 0 Å². The molecule has 1 N–H and O–H groups in total. The molecule has 1 aromatic carbocycles.